The third-order valence-corrected chi connectivity index (χ3v) is 4.16. The first-order valence-corrected chi connectivity index (χ1v) is 7.62. The van der Waals surface area contributed by atoms with Crippen molar-refractivity contribution in [2.24, 2.45) is 23.7 Å². The minimum absolute atomic E-state index is 0.339. The minimum atomic E-state index is 0.339. The van der Waals surface area contributed by atoms with Crippen LogP contribution >= 0.6 is 0 Å². The van der Waals surface area contributed by atoms with Crippen LogP contribution in [-0.2, 0) is 0 Å². The van der Waals surface area contributed by atoms with Crippen molar-refractivity contribution in [2.45, 2.75) is 67.2 Å². The van der Waals surface area contributed by atoms with E-state index in [1.807, 2.05) is 0 Å². The molecule has 0 aliphatic heterocycles. The van der Waals surface area contributed by atoms with Crippen LogP contribution in [0.3, 0.4) is 0 Å². The Bertz CT molecular complexity index is 157. The SMILES string of the molecule is CC(C)C(C)CCCO.CCC(C)C(C)CCO. The summed E-state index contributed by atoms with van der Waals surface area (Å²) in [5, 5.41) is 17.1. The summed E-state index contributed by atoms with van der Waals surface area (Å²) in [6.45, 7) is 14.0. The van der Waals surface area contributed by atoms with E-state index in [0.717, 1.165) is 37.0 Å². The Labute approximate surface area is 115 Å². The molecular weight excluding hydrogens is 224 g/mol. The standard InChI is InChI=1S/2C8H18O/c1-7(2)8(3)5-4-6-9;1-4-7(2)8(3)5-6-9/h2*7-9H,4-6H2,1-3H3. The lowest BCUT2D eigenvalue weighted by Gasteiger charge is -2.15. The van der Waals surface area contributed by atoms with Gasteiger partial charge in [-0.05, 0) is 42.9 Å². The molecule has 2 heteroatoms. The van der Waals surface area contributed by atoms with Crippen molar-refractivity contribution in [3.8, 4) is 0 Å². The van der Waals surface area contributed by atoms with E-state index >= 15 is 0 Å². The van der Waals surface area contributed by atoms with Crippen LogP contribution in [0.25, 0.3) is 0 Å². The van der Waals surface area contributed by atoms with E-state index in [1.165, 1.54) is 6.42 Å². The van der Waals surface area contributed by atoms with Gasteiger partial charge in [0, 0.05) is 13.2 Å². The van der Waals surface area contributed by atoms with Crippen LogP contribution in [-0.4, -0.2) is 23.4 Å². The number of aliphatic hydroxyl groups is 2. The highest BCUT2D eigenvalue weighted by Crippen LogP contribution is 2.17. The summed E-state index contributed by atoms with van der Waals surface area (Å²) >= 11 is 0. The van der Waals surface area contributed by atoms with Gasteiger partial charge in [-0.15, -0.1) is 0 Å². The number of rotatable bonds is 8. The average Bonchev–Trinajstić information content (AvgIpc) is 2.35. The van der Waals surface area contributed by atoms with Gasteiger partial charge in [-0.3, -0.25) is 0 Å². The van der Waals surface area contributed by atoms with Crippen LogP contribution in [0, 0.1) is 23.7 Å². The van der Waals surface area contributed by atoms with Gasteiger partial charge in [0.15, 0.2) is 0 Å². The van der Waals surface area contributed by atoms with Crippen molar-refractivity contribution in [3.05, 3.63) is 0 Å². The van der Waals surface area contributed by atoms with Crippen molar-refractivity contribution < 1.29 is 10.2 Å². The van der Waals surface area contributed by atoms with Gasteiger partial charge in [0.1, 0.15) is 0 Å². The second-order valence-corrected chi connectivity index (χ2v) is 5.96. The summed E-state index contributed by atoms with van der Waals surface area (Å²) in [4.78, 5) is 0. The quantitative estimate of drug-likeness (QED) is 0.689. The van der Waals surface area contributed by atoms with Crippen LogP contribution in [0.1, 0.15) is 67.2 Å². The first kappa shape index (κ1) is 20.2. The van der Waals surface area contributed by atoms with Crippen molar-refractivity contribution in [3.63, 3.8) is 0 Å². The smallest absolute Gasteiger partial charge is 0.0433 e. The molecule has 0 aromatic heterocycles. The third-order valence-electron chi connectivity index (χ3n) is 4.16. The highest BCUT2D eigenvalue weighted by Gasteiger charge is 2.08. The molecular formula is C16H36O2. The van der Waals surface area contributed by atoms with E-state index in [-0.39, 0.29) is 0 Å². The monoisotopic (exact) mass is 260 g/mol. The van der Waals surface area contributed by atoms with Gasteiger partial charge in [0.05, 0.1) is 0 Å². The number of hydrogen-bond donors (Lipinski definition) is 2. The van der Waals surface area contributed by atoms with Gasteiger partial charge in [0.25, 0.3) is 0 Å². The van der Waals surface area contributed by atoms with Gasteiger partial charge in [-0.1, -0.05) is 48.0 Å². The average molecular weight is 260 g/mol. The zero-order valence-electron chi connectivity index (χ0n) is 13.4. The van der Waals surface area contributed by atoms with Crippen molar-refractivity contribution in [1.82, 2.24) is 0 Å². The second kappa shape index (κ2) is 13.4. The molecule has 2 nitrogen and oxygen atoms in total. The number of aliphatic hydroxyl groups excluding tert-OH is 2. The lowest BCUT2D eigenvalue weighted by Crippen LogP contribution is -2.08. The molecule has 112 valence electrons. The zero-order chi connectivity index (χ0) is 14.6. The Morgan fingerprint density at radius 1 is 0.722 bits per heavy atom. The summed E-state index contributed by atoms with van der Waals surface area (Å²) in [5.41, 5.74) is 0. The van der Waals surface area contributed by atoms with Crippen molar-refractivity contribution >= 4 is 0 Å². The largest absolute Gasteiger partial charge is 0.396 e. The van der Waals surface area contributed by atoms with Gasteiger partial charge in [-0.2, -0.15) is 0 Å². The van der Waals surface area contributed by atoms with Crippen molar-refractivity contribution in [1.29, 1.82) is 0 Å². The molecule has 0 aliphatic rings. The molecule has 0 spiro atoms. The van der Waals surface area contributed by atoms with E-state index < -0.39 is 0 Å². The highest BCUT2D eigenvalue weighted by molar-refractivity contribution is 4.58. The molecule has 0 amide bonds. The normalized spacial score (nSPS) is 15.8. The van der Waals surface area contributed by atoms with E-state index in [0.29, 0.717) is 19.1 Å². The lowest BCUT2D eigenvalue weighted by atomic mass is 9.91. The summed E-state index contributed by atoms with van der Waals surface area (Å²) in [6, 6.07) is 0. The van der Waals surface area contributed by atoms with Crippen LogP contribution in [0.15, 0.2) is 0 Å². The molecule has 0 aromatic rings. The molecule has 0 rings (SSSR count). The maximum absolute atomic E-state index is 8.58. The van der Waals surface area contributed by atoms with E-state index in [1.54, 1.807) is 0 Å². The molecule has 0 bridgehead atoms. The summed E-state index contributed by atoms with van der Waals surface area (Å²) in [6.07, 6.45) is 4.30. The highest BCUT2D eigenvalue weighted by atomic mass is 16.3. The molecule has 0 radical (unpaired) electrons. The van der Waals surface area contributed by atoms with Gasteiger partial charge in [0.2, 0.25) is 0 Å². The minimum Gasteiger partial charge on any atom is -0.396 e. The van der Waals surface area contributed by atoms with Gasteiger partial charge in [-0.25, -0.2) is 0 Å². The lowest BCUT2D eigenvalue weighted by molar-refractivity contribution is 0.233. The van der Waals surface area contributed by atoms with Crippen LogP contribution in [0.2, 0.25) is 0 Å². The fourth-order valence-electron chi connectivity index (χ4n) is 1.64. The van der Waals surface area contributed by atoms with Crippen molar-refractivity contribution in [2.75, 3.05) is 13.2 Å². The Kier molecular flexibility index (Phi) is 15.0. The molecule has 0 saturated heterocycles. The maximum Gasteiger partial charge on any atom is 0.0433 e. The van der Waals surface area contributed by atoms with Gasteiger partial charge >= 0.3 is 0 Å². The Morgan fingerprint density at radius 2 is 1.28 bits per heavy atom. The fraction of sp³-hybridized carbons (Fsp3) is 1.00. The second-order valence-electron chi connectivity index (χ2n) is 5.96. The molecule has 2 N–H and O–H groups in total. The van der Waals surface area contributed by atoms with Crippen LogP contribution in [0.5, 0.6) is 0 Å². The number of hydrogen-bond acceptors (Lipinski definition) is 2. The molecule has 3 unspecified atom stereocenters. The maximum atomic E-state index is 8.58. The Morgan fingerprint density at radius 3 is 1.61 bits per heavy atom. The molecule has 3 atom stereocenters. The summed E-state index contributed by atoms with van der Waals surface area (Å²) in [5.74, 6) is 2.96. The molecule has 0 aliphatic carbocycles. The third kappa shape index (κ3) is 12.4. The van der Waals surface area contributed by atoms with Gasteiger partial charge < -0.3 is 10.2 Å². The molecule has 0 heterocycles. The predicted molar refractivity (Wildman–Crippen MR) is 80.6 cm³/mol. The fourth-order valence-corrected chi connectivity index (χ4v) is 1.64. The zero-order valence-corrected chi connectivity index (χ0v) is 13.4. The molecule has 18 heavy (non-hydrogen) atoms. The molecule has 0 aromatic carbocycles. The van der Waals surface area contributed by atoms with E-state index in [2.05, 4.69) is 41.5 Å². The summed E-state index contributed by atoms with van der Waals surface area (Å²) < 4.78 is 0. The van der Waals surface area contributed by atoms with Crippen LogP contribution < -0.4 is 0 Å². The molecule has 0 saturated carbocycles. The van der Waals surface area contributed by atoms with Crippen LogP contribution in [0.4, 0.5) is 0 Å². The summed E-state index contributed by atoms with van der Waals surface area (Å²) in [7, 11) is 0. The Hall–Kier alpha value is -0.0800. The van der Waals surface area contributed by atoms with E-state index in [4.69, 9.17) is 10.2 Å². The molecule has 0 fully saturated rings. The predicted octanol–water partition coefficient (Wildman–Crippen LogP) is 4.10. The van der Waals surface area contributed by atoms with E-state index in [9.17, 15) is 0 Å². The first-order valence-electron chi connectivity index (χ1n) is 7.62. The Balaban J connectivity index is 0. The topological polar surface area (TPSA) is 40.5 Å². The first-order chi connectivity index (χ1) is 8.40.